The molecule has 0 spiro atoms. The molecule has 0 aliphatic heterocycles. The van der Waals surface area contributed by atoms with Crippen molar-refractivity contribution in [3.05, 3.63) is 112 Å². The van der Waals surface area contributed by atoms with Gasteiger partial charge in [0.05, 0.1) is 22.7 Å². The maximum atomic E-state index is 9.77. The van der Waals surface area contributed by atoms with Crippen molar-refractivity contribution >= 4 is 28.8 Å². The van der Waals surface area contributed by atoms with Crippen LogP contribution in [0.2, 0.25) is 0 Å². The van der Waals surface area contributed by atoms with E-state index in [-0.39, 0.29) is 0 Å². The van der Waals surface area contributed by atoms with Crippen LogP contribution in [0.25, 0.3) is 17.3 Å². The van der Waals surface area contributed by atoms with E-state index in [4.69, 9.17) is 10.1 Å². The van der Waals surface area contributed by atoms with E-state index < -0.39 is 0 Å². The summed E-state index contributed by atoms with van der Waals surface area (Å²) in [4.78, 5) is 5.56. The monoisotopic (exact) mass is 434 g/mol. The highest BCUT2D eigenvalue weighted by molar-refractivity contribution is 7.07. The molecular formula is C27H22N4S. The summed E-state index contributed by atoms with van der Waals surface area (Å²) in [5.74, 6) is 0. The third kappa shape index (κ3) is 5.00. The lowest BCUT2D eigenvalue weighted by Gasteiger charge is -2.06. The van der Waals surface area contributed by atoms with Crippen LogP contribution in [-0.4, -0.2) is 10.4 Å². The second-order valence-corrected chi connectivity index (χ2v) is 8.13. The number of allylic oxidation sites excluding steroid dienone is 1. The topological polar surface area (TPSA) is 53.4 Å². The summed E-state index contributed by atoms with van der Waals surface area (Å²) in [5, 5.41) is 16.7. The minimum Gasteiger partial charge on any atom is -0.220 e. The Labute approximate surface area is 191 Å². The van der Waals surface area contributed by atoms with Crippen molar-refractivity contribution in [1.82, 2.24) is 4.68 Å². The Morgan fingerprint density at radius 3 is 2.25 bits per heavy atom. The molecular weight excluding hydrogens is 412 g/mol. The molecule has 4 aromatic rings. The van der Waals surface area contributed by atoms with E-state index in [9.17, 15) is 5.26 Å². The van der Waals surface area contributed by atoms with Gasteiger partial charge in [0.2, 0.25) is 4.80 Å². The van der Waals surface area contributed by atoms with Gasteiger partial charge >= 0.3 is 0 Å². The number of rotatable bonds is 5. The minimum atomic E-state index is 0.509. The highest BCUT2D eigenvalue weighted by atomic mass is 32.1. The van der Waals surface area contributed by atoms with E-state index in [1.165, 1.54) is 16.9 Å². The van der Waals surface area contributed by atoms with E-state index in [0.29, 0.717) is 11.3 Å². The summed E-state index contributed by atoms with van der Waals surface area (Å²) >= 11 is 1.52. The molecule has 1 aromatic heterocycles. The molecule has 156 valence electrons. The molecule has 5 heteroatoms. The first-order valence-electron chi connectivity index (χ1n) is 10.2. The Morgan fingerprint density at radius 2 is 1.59 bits per heavy atom. The van der Waals surface area contributed by atoms with Crippen molar-refractivity contribution < 1.29 is 0 Å². The van der Waals surface area contributed by atoms with Gasteiger partial charge in [-0.3, -0.25) is 0 Å². The van der Waals surface area contributed by atoms with Crippen LogP contribution < -0.4 is 4.80 Å². The number of nitriles is 1. The van der Waals surface area contributed by atoms with Crippen molar-refractivity contribution in [2.45, 2.75) is 13.8 Å². The second-order valence-electron chi connectivity index (χ2n) is 7.29. The van der Waals surface area contributed by atoms with Crippen LogP contribution in [0, 0.1) is 18.3 Å². The number of aromatic nitrogens is 1. The van der Waals surface area contributed by atoms with Gasteiger partial charge in [-0.2, -0.15) is 10.4 Å². The predicted molar refractivity (Wildman–Crippen MR) is 133 cm³/mol. The predicted octanol–water partition coefficient (Wildman–Crippen LogP) is 6.59. The van der Waals surface area contributed by atoms with Crippen LogP contribution in [0.3, 0.4) is 0 Å². The molecule has 0 atom stereocenters. The zero-order valence-corrected chi connectivity index (χ0v) is 18.8. The van der Waals surface area contributed by atoms with E-state index in [0.717, 1.165) is 27.3 Å². The van der Waals surface area contributed by atoms with Gasteiger partial charge in [-0.15, -0.1) is 11.3 Å². The van der Waals surface area contributed by atoms with E-state index in [2.05, 4.69) is 13.0 Å². The molecule has 1 heterocycles. The average molecular weight is 435 g/mol. The van der Waals surface area contributed by atoms with Crippen LogP contribution in [-0.2, 0) is 0 Å². The molecule has 0 unspecified atom stereocenters. The normalized spacial score (nSPS) is 12.6. The molecule has 0 amide bonds. The fourth-order valence-electron chi connectivity index (χ4n) is 3.15. The molecule has 0 aliphatic rings. The molecule has 0 saturated heterocycles. The fourth-order valence-corrected chi connectivity index (χ4v) is 4.00. The number of hydrogen-bond acceptors (Lipinski definition) is 4. The van der Waals surface area contributed by atoms with Crippen LogP contribution in [0.15, 0.2) is 106 Å². The lowest BCUT2D eigenvalue weighted by Crippen LogP contribution is -2.14. The summed E-state index contributed by atoms with van der Waals surface area (Å²) in [6.07, 6.45) is 1.85. The Hall–Kier alpha value is -4.01. The van der Waals surface area contributed by atoms with Crippen LogP contribution in [0.1, 0.15) is 18.1 Å². The molecule has 32 heavy (non-hydrogen) atoms. The summed E-state index contributed by atoms with van der Waals surface area (Å²) < 4.78 is 1.82. The van der Waals surface area contributed by atoms with E-state index in [1.807, 2.05) is 108 Å². The van der Waals surface area contributed by atoms with Gasteiger partial charge in [-0.05, 0) is 37.6 Å². The highest BCUT2D eigenvalue weighted by Crippen LogP contribution is 2.21. The van der Waals surface area contributed by atoms with Crippen LogP contribution >= 0.6 is 11.3 Å². The molecule has 4 nitrogen and oxygen atoms in total. The number of hydrogen-bond donors (Lipinski definition) is 0. The van der Waals surface area contributed by atoms with Gasteiger partial charge in [0.1, 0.15) is 6.07 Å². The van der Waals surface area contributed by atoms with Gasteiger partial charge in [-0.1, -0.05) is 78.4 Å². The van der Waals surface area contributed by atoms with Crippen molar-refractivity contribution in [2.24, 2.45) is 10.1 Å². The van der Waals surface area contributed by atoms with E-state index in [1.54, 1.807) is 0 Å². The summed E-state index contributed by atoms with van der Waals surface area (Å²) in [7, 11) is 0. The molecule has 0 aliphatic carbocycles. The second kappa shape index (κ2) is 9.86. The third-order valence-corrected chi connectivity index (χ3v) is 5.70. The quantitative estimate of drug-likeness (QED) is 0.258. The standard InChI is InChI=1S/C27H22N4S/c1-20-13-15-25(16-14-20)29-27-31(26(19-32-27)23-11-7-4-8-12-23)30-21(2)24(18-28)17-22-9-5-3-6-10-22/h3-17,19H,1-2H3/b24-17-,29-27?,30-21+. The average Bonchev–Trinajstić information content (AvgIpc) is 3.22. The Bertz CT molecular complexity index is 1370. The van der Waals surface area contributed by atoms with Crippen molar-refractivity contribution in [3.8, 4) is 17.3 Å². The molecule has 4 rings (SSSR count). The highest BCUT2D eigenvalue weighted by Gasteiger charge is 2.10. The van der Waals surface area contributed by atoms with Crippen LogP contribution in [0.5, 0.6) is 0 Å². The summed E-state index contributed by atoms with van der Waals surface area (Å²) in [6.45, 7) is 3.91. The minimum absolute atomic E-state index is 0.509. The first-order valence-corrected chi connectivity index (χ1v) is 11.1. The molecule has 0 N–H and O–H groups in total. The van der Waals surface area contributed by atoms with Crippen LogP contribution in [0.4, 0.5) is 5.69 Å². The number of thiazole rings is 1. The van der Waals surface area contributed by atoms with Gasteiger partial charge in [0.25, 0.3) is 0 Å². The number of benzene rings is 3. The van der Waals surface area contributed by atoms with Gasteiger partial charge in [0, 0.05) is 10.9 Å². The first kappa shape index (κ1) is 21.2. The molecule has 0 radical (unpaired) electrons. The molecule has 0 saturated carbocycles. The van der Waals surface area contributed by atoms with Gasteiger partial charge in [-0.25, -0.2) is 9.67 Å². The maximum Gasteiger partial charge on any atom is 0.211 e. The smallest absolute Gasteiger partial charge is 0.211 e. The third-order valence-electron chi connectivity index (χ3n) is 4.88. The number of aryl methyl sites for hydroxylation is 1. The summed E-state index contributed by atoms with van der Waals surface area (Å²) in [5.41, 5.74) is 6.11. The SMILES string of the molecule is CC(=N\n1c(-c2ccccc2)csc1=Nc1ccc(C)cc1)/C(C#N)=C\c1ccccc1. The van der Waals surface area contributed by atoms with Crippen molar-refractivity contribution in [2.75, 3.05) is 0 Å². The summed E-state index contributed by atoms with van der Waals surface area (Å²) in [6, 6.07) is 30.2. The fraction of sp³-hybridized carbons (Fsp3) is 0.0741. The van der Waals surface area contributed by atoms with Gasteiger partial charge in [0.15, 0.2) is 0 Å². The zero-order valence-electron chi connectivity index (χ0n) is 17.9. The van der Waals surface area contributed by atoms with Gasteiger partial charge < -0.3 is 0 Å². The maximum absolute atomic E-state index is 9.77. The lowest BCUT2D eigenvalue weighted by atomic mass is 10.1. The van der Waals surface area contributed by atoms with E-state index >= 15 is 0 Å². The number of nitrogens with zero attached hydrogens (tertiary/aromatic N) is 4. The molecule has 0 fully saturated rings. The Morgan fingerprint density at radius 1 is 0.938 bits per heavy atom. The Kier molecular flexibility index (Phi) is 6.54. The first-order chi connectivity index (χ1) is 15.6. The largest absolute Gasteiger partial charge is 0.220 e. The zero-order chi connectivity index (χ0) is 22.3. The molecule has 3 aromatic carbocycles. The Balaban J connectivity index is 1.85. The van der Waals surface area contributed by atoms with Crippen molar-refractivity contribution in [3.63, 3.8) is 0 Å². The lowest BCUT2D eigenvalue weighted by molar-refractivity contribution is 0.848. The molecule has 0 bridgehead atoms. The van der Waals surface area contributed by atoms with Crippen molar-refractivity contribution in [1.29, 1.82) is 5.26 Å².